The third-order valence-corrected chi connectivity index (χ3v) is 2.85. The van der Waals surface area contributed by atoms with Crippen LogP contribution in [0.4, 0.5) is 0 Å². The van der Waals surface area contributed by atoms with E-state index < -0.39 is 6.10 Å². The highest BCUT2D eigenvalue weighted by Gasteiger charge is 2.15. The van der Waals surface area contributed by atoms with Gasteiger partial charge in [0, 0.05) is 12.5 Å². The smallest absolute Gasteiger partial charge is 0.222 e. The van der Waals surface area contributed by atoms with Crippen LogP contribution >= 0.6 is 0 Å². The Kier molecular flexibility index (Phi) is 6.54. The van der Waals surface area contributed by atoms with E-state index in [9.17, 15) is 9.90 Å². The molecule has 0 aliphatic carbocycles. The summed E-state index contributed by atoms with van der Waals surface area (Å²) in [6.45, 7) is 8.27. The van der Waals surface area contributed by atoms with Crippen molar-refractivity contribution in [2.24, 2.45) is 11.8 Å². The molecule has 0 heterocycles. The fourth-order valence-electron chi connectivity index (χ4n) is 1.04. The van der Waals surface area contributed by atoms with Crippen molar-refractivity contribution < 1.29 is 9.90 Å². The number of carbonyl (C=O) groups excluding carboxylic acids is 1. The van der Waals surface area contributed by atoms with Crippen LogP contribution in [0.1, 0.15) is 40.5 Å². The van der Waals surface area contributed by atoms with Gasteiger partial charge in [-0.25, -0.2) is 0 Å². The number of nitrogens with one attached hydrogen (secondary N) is 1. The second-order valence-corrected chi connectivity index (χ2v) is 4.01. The highest BCUT2D eigenvalue weighted by Crippen LogP contribution is 2.06. The molecular formula is C11H23NO2. The summed E-state index contributed by atoms with van der Waals surface area (Å²) in [5.74, 6) is 0.321. The molecule has 0 saturated heterocycles. The van der Waals surface area contributed by atoms with Crippen molar-refractivity contribution in [1.29, 1.82) is 0 Å². The Morgan fingerprint density at radius 3 is 2.29 bits per heavy atom. The van der Waals surface area contributed by atoms with Gasteiger partial charge in [0.2, 0.25) is 5.91 Å². The van der Waals surface area contributed by atoms with Crippen LogP contribution in [0.25, 0.3) is 0 Å². The van der Waals surface area contributed by atoms with Gasteiger partial charge in [-0.15, -0.1) is 0 Å². The zero-order valence-electron chi connectivity index (χ0n) is 9.71. The van der Waals surface area contributed by atoms with Crippen LogP contribution in [0.5, 0.6) is 0 Å². The Morgan fingerprint density at radius 1 is 1.29 bits per heavy atom. The van der Waals surface area contributed by atoms with E-state index in [1.807, 2.05) is 27.7 Å². The molecular weight excluding hydrogens is 178 g/mol. The van der Waals surface area contributed by atoms with Gasteiger partial charge in [-0.05, 0) is 12.3 Å². The Bertz CT molecular complexity index is 171. The van der Waals surface area contributed by atoms with Crippen LogP contribution in [0.15, 0.2) is 0 Å². The lowest BCUT2D eigenvalue weighted by Gasteiger charge is -2.18. The van der Waals surface area contributed by atoms with Gasteiger partial charge in [0.25, 0.3) is 0 Å². The number of carbonyl (C=O) groups is 1. The Hall–Kier alpha value is -0.570. The molecule has 0 fully saturated rings. The average Bonchev–Trinajstić information content (AvgIpc) is 2.22. The lowest BCUT2D eigenvalue weighted by molar-refractivity contribution is -0.125. The first-order valence-corrected chi connectivity index (χ1v) is 5.48. The number of hydrogen-bond acceptors (Lipinski definition) is 2. The van der Waals surface area contributed by atoms with Crippen molar-refractivity contribution >= 4 is 5.91 Å². The zero-order valence-corrected chi connectivity index (χ0v) is 9.71. The molecule has 0 bridgehead atoms. The third kappa shape index (κ3) is 4.61. The molecule has 0 aliphatic rings. The Balaban J connectivity index is 3.77. The average molecular weight is 201 g/mol. The van der Waals surface area contributed by atoms with E-state index in [4.69, 9.17) is 0 Å². The van der Waals surface area contributed by atoms with Crippen LogP contribution in [-0.2, 0) is 4.79 Å². The van der Waals surface area contributed by atoms with Crippen LogP contribution in [0.2, 0.25) is 0 Å². The van der Waals surface area contributed by atoms with E-state index in [1.165, 1.54) is 0 Å². The van der Waals surface area contributed by atoms with Crippen LogP contribution in [0.3, 0.4) is 0 Å². The molecule has 2 N–H and O–H groups in total. The number of aliphatic hydroxyl groups excluding tert-OH is 1. The molecule has 1 amide bonds. The zero-order chi connectivity index (χ0) is 11.1. The summed E-state index contributed by atoms with van der Waals surface area (Å²) in [5.41, 5.74) is 0. The van der Waals surface area contributed by atoms with Crippen molar-refractivity contribution in [3.63, 3.8) is 0 Å². The normalized spacial score (nSPS) is 17.2. The predicted molar refractivity (Wildman–Crippen MR) is 57.9 cm³/mol. The minimum atomic E-state index is -0.423. The van der Waals surface area contributed by atoms with Crippen molar-refractivity contribution in [1.82, 2.24) is 5.32 Å². The molecule has 3 atom stereocenters. The topological polar surface area (TPSA) is 49.3 Å². The van der Waals surface area contributed by atoms with E-state index in [2.05, 4.69) is 5.32 Å². The van der Waals surface area contributed by atoms with E-state index in [0.29, 0.717) is 6.54 Å². The lowest BCUT2D eigenvalue weighted by atomic mass is 10.0. The van der Waals surface area contributed by atoms with Crippen molar-refractivity contribution in [2.45, 2.75) is 46.6 Å². The standard InChI is InChI=1S/C11H23NO2/c1-5-8(3)10(13)7-12-11(14)9(4)6-2/h8-10,13H,5-7H2,1-4H3,(H,12,14)/t8-,9-,10-/m0/s1. The fourth-order valence-corrected chi connectivity index (χ4v) is 1.04. The van der Waals surface area contributed by atoms with E-state index >= 15 is 0 Å². The summed E-state index contributed by atoms with van der Waals surface area (Å²) in [4.78, 5) is 11.4. The SMILES string of the molecule is CC[C@H](C)C(=O)NC[C@H](O)[C@@H](C)CC. The molecule has 0 aromatic carbocycles. The summed E-state index contributed by atoms with van der Waals surface area (Å²) in [7, 11) is 0. The quantitative estimate of drug-likeness (QED) is 0.685. The largest absolute Gasteiger partial charge is 0.391 e. The first-order chi connectivity index (χ1) is 6.52. The molecule has 0 spiro atoms. The first kappa shape index (κ1) is 13.4. The van der Waals surface area contributed by atoms with E-state index in [0.717, 1.165) is 12.8 Å². The maximum absolute atomic E-state index is 11.4. The van der Waals surface area contributed by atoms with Crippen molar-refractivity contribution in [3.05, 3.63) is 0 Å². The van der Waals surface area contributed by atoms with Gasteiger partial charge in [0.1, 0.15) is 0 Å². The highest BCUT2D eigenvalue weighted by atomic mass is 16.3. The Morgan fingerprint density at radius 2 is 1.86 bits per heavy atom. The summed E-state index contributed by atoms with van der Waals surface area (Å²) >= 11 is 0. The maximum atomic E-state index is 11.4. The van der Waals surface area contributed by atoms with Crippen molar-refractivity contribution in [3.8, 4) is 0 Å². The molecule has 0 saturated carbocycles. The molecule has 14 heavy (non-hydrogen) atoms. The van der Waals surface area contributed by atoms with Crippen LogP contribution in [0, 0.1) is 11.8 Å². The second-order valence-electron chi connectivity index (χ2n) is 4.01. The highest BCUT2D eigenvalue weighted by molar-refractivity contribution is 5.78. The molecule has 0 aliphatic heterocycles. The predicted octanol–water partition coefficient (Wildman–Crippen LogP) is 1.56. The molecule has 0 rings (SSSR count). The fraction of sp³-hybridized carbons (Fsp3) is 0.909. The van der Waals surface area contributed by atoms with Crippen LogP contribution < -0.4 is 5.32 Å². The van der Waals surface area contributed by atoms with Gasteiger partial charge in [-0.2, -0.15) is 0 Å². The van der Waals surface area contributed by atoms with Crippen LogP contribution in [-0.4, -0.2) is 23.7 Å². The summed E-state index contributed by atoms with van der Waals surface area (Å²) < 4.78 is 0. The third-order valence-electron chi connectivity index (χ3n) is 2.85. The second kappa shape index (κ2) is 6.82. The Labute approximate surface area is 86.9 Å². The van der Waals surface area contributed by atoms with Gasteiger partial charge in [-0.3, -0.25) is 4.79 Å². The van der Waals surface area contributed by atoms with Gasteiger partial charge in [0.05, 0.1) is 6.10 Å². The number of aliphatic hydroxyl groups is 1. The van der Waals surface area contributed by atoms with Gasteiger partial charge >= 0.3 is 0 Å². The minimum absolute atomic E-state index is 0.0369. The lowest BCUT2D eigenvalue weighted by Crippen LogP contribution is -2.37. The van der Waals surface area contributed by atoms with E-state index in [1.54, 1.807) is 0 Å². The minimum Gasteiger partial charge on any atom is -0.391 e. The summed E-state index contributed by atoms with van der Waals surface area (Å²) in [6.07, 6.45) is 1.35. The molecule has 3 nitrogen and oxygen atoms in total. The number of rotatable bonds is 6. The number of amides is 1. The van der Waals surface area contributed by atoms with Gasteiger partial charge < -0.3 is 10.4 Å². The summed E-state index contributed by atoms with van der Waals surface area (Å²) in [5, 5.41) is 12.4. The molecule has 0 aromatic heterocycles. The monoisotopic (exact) mass is 201 g/mol. The molecule has 3 heteroatoms. The first-order valence-electron chi connectivity index (χ1n) is 5.48. The molecule has 84 valence electrons. The molecule has 0 unspecified atom stereocenters. The van der Waals surface area contributed by atoms with Crippen molar-refractivity contribution in [2.75, 3.05) is 6.54 Å². The molecule has 0 aromatic rings. The van der Waals surface area contributed by atoms with Gasteiger partial charge in [-0.1, -0.05) is 34.1 Å². The van der Waals surface area contributed by atoms with Gasteiger partial charge in [0.15, 0.2) is 0 Å². The summed E-state index contributed by atoms with van der Waals surface area (Å²) in [6, 6.07) is 0. The maximum Gasteiger partial charge on any atom is 0.222 e. The number of hydrogen-bond donors (Lipinski definition) is 2. The van der Waals surface area contributed by atoms with E-state index in [-0.39, 0.29) is 17.7 Å². The molecule has 0 radical (unpaired) electrons.